The summed E-state index contributed by atoms with van der Waals surface area (Å²) >= 11 is 0. The largest absolute Gasteiger partial charge is 1.00 e. The molecule has 0 spiro atoms. The van der Waals surface area contributed by atoms with Crippen LogP contribution in [0.4, 0.5) is 0 Å². The van der Waals surface area contributed by atoms with Crippen molar-refractivity contribution < 1.29 is 105 Å². The molecule has 0 saturated carbocycles. The van der Waals surface area contributed by atoms with Gasteiger partial charge in [-0.3, -0.25) is 18.7 Å². The van der Waals surface area contributed by atoms with Crippen molar-refractivity contribution in [2.75, 3.05) is 0 Å². The monoisotopic (exact) mass is 330 g/mol. The predicted octanol–water partition coefficient (Wildman–Crippen LogP) is -4.78. The minimum atomic E-state index is -4.67. The smallest absolute Gasteiger partial charge is 1.00 e. The topological polar surface area (TPSA) is 207 Å². The van der Waals surface area contributed by atoms with Crippen LogP contribution in [0, 0.1) is 0 Å². The number of carbonyl (C=O) groups is 3. The summed E-state index contributed by atoms with van der Waals surface area (Å²) in [4.78, 5) is 30.5. The third-order valence-corrected chi connectivity index (χ3v) is 1.29. The Morgan fingerprint density at radius 3 is 1.26 bits per heavy atom. The maximum absolute atomic E-state index is 10.3. The van der Waals surface area contributed by atoms with Crippen LogP contribution < -0.4 is 51.4 Å². The molecular weight excluding hydrogens is 319 g/mol. The molecule has 6 N–H and O–H groups in total. The predicted molar refractivity (Wildman–Crippen MR) is 52.4 cm³/mol. The van der Waals surface area contributed by atoms with Crippen molar-refractivity contribution in [2.24, 2.45) is 0 Å². The van der Waals surface area contributed by atoms with E-state index in [0.717, 1.165) is 0 Å². The third-order valence-electron chi connectivity index (χ3n) is 1.29. The van der Waals surface area contributed by atoms with E-state index < -0.39 is 46.7 Å². The van der Waals surface area contributed by atoms with Crippen LogP contribution in [0.2, 0.25) is 0 Å². The molecule has 0 aromatic carbocycles. The summed E-state index contributed by atoms with van der Waals surface area (Å²) in [7, 11) is -4.67. The van der Waals surface area contributed by atoms with Gasteiger partial charge in [0.05, 0.1) is 12.8 Å². The first kappa shape index (κ1) is 23.9. The number of aliphatic hydroxyl groups is 1. The van der Waals surface area contributed by atoms with E-state index in [9.17, 15) is 14.4 Å². The van der Waals surface area contributed by atoms with Gasteiger partial charge in [-0.15, -0.1) is 0 Å². The van der Waals surface area contributed by atoms with E-state index in [1.54, 1.807) is 0 Å². The van der Waals surface area contributed by atoms with Crippen molar-refractivity contribution in [1.29, 1.82) is 0 Å². The summed E-state index contributed by atoms with van der Waals surface area (Å²) in [6.07, 6.45) is -2.29. The van der Waals surface area contributed by atoms with Crippen molar-refractivity contribution >= 4 is 28.3 Å². The van der Waals surface area contributed by atoms with Gasteiger partial charge in [0.1, 0.15) is 0 Å². The number of rotatable bonds is 5. The standard InChI is InChI=1S/C6H8O7.K.H2O4S.H/c7-3(8)1-6(13,5(11)12)2-4(9)10;;1-5(2,3)4;/h13H,1-2H2,(H,7,8)(H,9,10)(H,11,12);;(H2,1,2,3,4);/q;+1;;-1. The van der Waals surface area contributed by atoms with Crippen LogP contribution in [-0.4, -0.2) is 61.5 Å². The number of carboxylic acid groups (broad SMARTS) is 3. The van der Waals surface area contributed by atoms with Crippen molar-refractivity contribution in [3.63, 3.8) is 0 Å². The maximum atomic E-state index is 10.3. The van der Waals surface area contributed by atoms with Crippen LogP contribution in [0.3, 0.4) is 0 Å². The van der Waals surface area contributed by atoms with Crippen LogP contribution >= 0.6 is 0 Å². The van der Waals surface area contributed by atoms with Crippen molar-refractivity contribution in [2.45, 2.75) is 18.4 Å². The summed E-state index contributed by atoms with van der Waals surface area (Å²) in [6, 6.07) is 0. The zero-order valence-electron chi connectivity index (χ0n) is 10.5. The minimum Gasteiger partial charge on any atom is -1.00 e. The Morgan fingerprint density at radius 2 is 1.16 bits per heavy atom. The van der Waals surface area contributed by atoms with E-state index in [2.05, 4.69) is 0 Å². The van der Waals surface area contributed by atoms with Crippen molar-refractivity contribution in [3.05, 3.63) is 0 Å². The fourth-order valence-electron chi connectivity index (χ4n) is 0.714. The second-order valence-corrected chi connectivity index (χ2v) is 3.82. The number of hydrogen-bond donors (Lipinski definition) is 6. The van der Waals surface area contributed by atoms with E-state index in [1.165, 1.54) is 0 Å². The Kier molecular flexibility index (Phi) is 12.3. The first-order chi connectivity index (χ1) is 7.78. The van der Waals surface area contributed by atoms with Gasteiger partial charge in [0.15, 0.2) is 5.60 Å². The molecule has 0 rings (SSSR count). The van der Waals surface area contributed by atoms with Crippen molar-refractivity contribution in [1.82, 2.24) is 0 Å². The molecule has 0 heterocycles. The number of carboxylic acids is 3. The normalized spacial score (nSPS) is 10.5. The Balaban J connectivity index is -0.000000158. The molecule has 0 fully saturated rings. The maximum Gasteiger partial charge on any atom is 1.00 e. The zero-order valence-corrected chi connectivity index (χ0v) is 13.5. The van der Waals surface area contributed by atoms with E-state index >= 15 is 0 Å². The van der Waals surface area contributed by atoms with E-state index in [0.29, 0.717) is 0 Å². The number of hydrogen-bond acceptors (Lipinski definition) is 6. The Labute approximate surface area is 150 Å². The first-order valence-corrected chi connectivity index (χ1v) is 5.27. The molecule has 0 saturated heterocycles. The SMILES string of the molecule is O=C(O)CC(O)(CC(=O)O)C(=O)O.O=S(=O)(O)O.[H-].[K+]. The molecule has 0 aliphatic heterocycles. The molecule has 0 unspecified atom stereocenters. The Morgan fingerprint density at radius 1 is 0.947 bits per heavy atom. The zero-order chi connectivity index (χ0) is 15.1. The second-order valence-electron chi connectivity index (χ2n) is 2.93. The summed E-state index contributed by atoms with van der Waals surface area (Å²) in [6.45, 7) is 0. The van der Waals surface area contributed by atoms with Gasteiger partial charge in [-0.2, -0.15) is 8.42 Å². The molecule has 0 aliphatic carbocycles. The molecule has 13 heteroatoms. The van der Waals surface area contributed by atoms with Gasteiger partial charge in [0.2, 0.25) is 0 Å². The van der Waals surface area contributed by atoms with Crippen LogP contribution in [0.25, 0.3) is 0 Å². The molecule has 0 aliphatic rings. The quantitative estimate of drug-likeness (QED) is 0.208. The number of aliphatic carboxylic acids is 3. The molecule has 19 heavy (non-hydrogen) atoms. The summed E-state index contributed by atoms with van der Waals surface area (Å²) in [5.41, 5.74) is -2.74. The summed E-state index contributed by atoms with van der Waals surface area (Å²) < 4.78 is 31.6. The van der Waals surface area contributed by atoms with E-state index in [-0.39, 0.29) is 52.8 Å². The van der Waals surface area contributed by atoms with Gasteiger partial charge >= 0.3 is 79.7 Å². The van der Waals surface area contributed by atoms with Gasteiger partial charge < -0.3 is 21.9 Å². The fourth-order valence-corrected chi connectivity index (χ4v) is 0.714. The molecule has 0 atom stereocenters. The van der Waals surface area contributed by atoms with Crippen LogP contribution in [-0.2, 0) is 24.8 Å². The van der Waals surface area contributed by atoms with Gasteiger partial charge in [0, 0.05) is 0 Å². The third kappa shape index (κ3) is 17.9. The molecule has 0 aromatic heterocycles. The Hall–Kier alpha value is -0.124. The molecule has 0 aromatic rings. The molecule has 0 amide bonds. The van der Waals surface area contributed by atoms with Gasteiger partial charge in [-0.05, 0) is 0 Å². The molecule has 0 radical (unpaired) electrons. The van der Waals surface area contributed by atoms with E-state index in [1.807, 2.05) is 0 Å². The van der Waals surface area contributed by atoms with Gasteiger partial charge in [0.25, 0.3) is 0 Å². The average molecular weight is 330 g/mol. The molecular formula is C6H11KO11S. The summed E-state index contributed by atoms with van der Waals surface area (Å²) in [5.74, 6) is -5.02. The minimum absolute atomic E-state index is 0. The van der Waals surface area contributed by atoms with E-state index in [4.69, 9.17) is 37.9 Å². The van der Waals surface area contributed by atoms with Crippen molar-refractivity contribution in [3.8, 4) is 0 Å². The van der Waals surface area contributed by atoms with Gasteiger partial charge in [-0.1, -0.05) is 0 Å². The van der Waals surface area contributed by atoms with Crippen LogP contribution in [0.5, 0.6) is 0 Å². The summed E-state index contributed by atoms with van der Waals surface area (Å²) in [5, 5.41) is 33.8. The van der Waals surface area contributed by atoms with Gasteiger partial charge in [-0.25, -0.2) is 4.79 Å². The van der Waals surface area contributed by atoms with Crippen LogP contribution in [0.1, 0.15) is 14.3 Å². The molecule has 11 nitrogen and oxygen atoms in total. The second kappa shape index (κ2) is 9.73. The fraction of sp³-hybridized carbons (Fsp3) is 0.500. The molecule has 0 bridgehead atoms. The average Bonchev–Trinajstić information content (AvgIpc) is 1.95. The molecule has 108 valence electrons. The Bertz CT molecular complexity index is 408. The first-order valence-electron chi connectivity index (χ1n) is 3.87. The van der Waals surface area contributed by atoms with Crippen LogP contribution in [0.15, 0.2) is 0 Å².